The molecule has 1 aliphatic rings. The van der Waals surface area contributed by atoms with E-state index in [4.69, 9.17) is 14.2 Å². The second-order valence-corrected chi connectivity index (χ2v) is 4.69. The van der Waals surface area contributed by atoms with Crippen LogP contribution < -0.4 is 14.4 Å². The van der Waals surface area contributed by atoms with Crippen LogP contribution in [0.4, 0.5) is 0 Å². The number of morpholine rings is 1. The van der Waals surface area contributed by atoms with Crippen molar-refractivity contribution in [3.05, 3.63) is 24.3 Å². The largest absolute Gasteiger partial charge is 0.490 e. The molecule has 1 aromatic carbocycles. The van der Waals surface area contributed by atoms with Gasteiger partial charge < -0.3 is 19.1 Å². The Bertz CT molecular complexity index is 364. The van der Waals surface area contributed by atoms with Gasteiger partial charge in [-0.15, -0.1) is 0 Å². The van der Waals surface area contributed by atoms with Gasteiger partial charge in [-0.3, -0.25) is 0 Å². The van der Waals surface area contributed by atoms with Crippen molar-refractivity contribution < 1.29 is 19.1 Å². The Hall–Kier alpha value is -1.26. The van der Waals surface area contributed by atoms with Crippen LogP contribution >= 0.6 is 0 Å². The number of hydrogen-bond acceptors (Lipinski definition) is 3. The van der Waals surface area contributed by atoms with Crippen LogP contribution in [0.2, 0.25) is 0 Å². The summed E-state index contributed by atoms with van der Waals surface area (Å²) in [7, 11) is 0. The standard InChI is InChI=1S/C15H23NO3/c1-2-18-14-6-3-4-7-15(14)19-11-5-8-16-9-12-17-13-10-16/h3-4,6-7H,2,5,8-13H2,1H3/p+1. The van der Waals surface area contributed by atoms with E-state index in [1.165, 1.54) is 0 Å². The molecule has 0 bridgehead atoms. The van der Waals surface area contributed by atoms with Gasteiger partial charge in [0.05, 0.1) is 33.0 Å². The predicted molar refractivity (Wildman–Crippen MR) is 74.1 cm³/mol. The van der Waals surface area contributed by atoms with E-state index in [-0.39, 0.29) is 0 Å². The molecule has 1 fully saturated rings. The summed E-state index contributed by atoms with van der Waals surface area (Å²) < 4.78 is 16.7. The third-order valence-electron chi connectivity index (χ3n) is 3.28. The summed E-state index contributed by atoms with van der Waals surface area (Å²) in [5.41, 5.74) is 0. The Labute approximate surface area is 115 Å². The van der Waals surface area contributed by atoms with Crippen molar-refractivity contribution in [1.82, 2.24) is 0 Å². The first-order chi connectivity index (χ1) is 9.40. The Morgan fingerprint density at radius 1 is 1.11 bits per heavy atom. The van der Waals surface area contributed by atoms with Crippen molar-refractivity contribution >= 4 is 0 Å². The number of para-hydroxylation sites is 2. The molecule has 4 heteroatoms. The van der Waals surface area contributed by atoms with Crippen molar-refractivity contribution in [2.24, 2.45) is 0 Å². The normalized spacial score (nSPS) is 16.3. The van der Waals surface area contributed by atoms with E-state index >= 15 is 0 Å². The van der Waals surface area contributed by atoms with Crippen LogP contribution in [-0.4, -0.2) is 46.1 Å². The molecular weight excluding hydrogens is 242 g/mol. The molecule has 1 N–H and O–H groups in total. The van der Waals surface area contributed by atoms with Crippen molar-refractivity contribution in [2.45, 2.75) is 13.3 Å². The zero-order valence-corrected chi connectivity index (χ0v) is 11.7. The van der Waals surface area contributed by atoms with Crippen molar-refractivity contribution in [2.75, 3.05) is 46.1 Å². The lowest BCUT2D eigenvalue weighted by atomic mass is 10.3. The fraction of sp³-hybridized carbons (Fsp3) is 0.600. The molecule has 19 heavy (non-hydrogen) atoms. The first kappa shape index (κ1) is 14.2. The van der Waals surface area contributed by atoms with Crippen LogP contribution in [0, 0.1) is 0 Å². The second-order valence-electron chi connectivity index (χ2n) is 4.69. The van der Waals surface area contributed by atoms with Crippen molar-refractivity contribution in [3.8, 4) is 11.5 Å². The van der Waals surface area contributed by atoms with Gasteiger partial charge in [0.15, 0.2) is 11.5 Å². The number of hydrogen-bond donors (Lipinski definition) is 1. The zero-order chi connectivity index (χ0) is 13.3. The molecular formula is C15H24NO3+. The maximum Gasteiger partial charge on any atom is 0.161 e. The minimum absolute atomic E-state index is 0.665. The van der Waals surface area contributed by atoms with Crippen LogP contribution in [0.1, 0.15) is 13.3 Å². The number of rotatable bonds is 7. The van der Waals surface area contributed by atoms with Crippen molar-refractivity contribution in [1.29, 1.82) is 0 Å². The van der Waals surface area contributed by atoms with Gasteiger partial charge in [-0.1, -0.05) is 12.1 Å². The van der Waals surface area contributed by atoms with E-state index in [9.17, 15) is 0 Å². The van der Waals surface area contributed by atoms with Gasteiger partial charge in [-0.25, -0.2) is 0 Å². The molecule has 1 aromatic rings. The molecule has 2 rings (SSSR count). The van der Waals surface area contributed by atoms with Crippen LogP contribution in [0.15, 0.2) is 24.3 Å². The number of nitrogens with one attached hydrogen (secondary N) is 1. The lowest BCUT2D eigenvalue weighted by molar-refractivity contribution is -0.908. The number of quaternary nitrogens is 1. The lowest BCUT2D eigenvalue weighted by Crippen LogP contribution is -3.14. The van der Waals surface area contributed by atoms with Crippen LogP contribution in [0.5, 0.6) is 11.5 Å². The molecule has 0 aliphatic carbocycles. The summed E-state index contributed by atoms with van der Waals surface area (Å²) in [5.74, 6) is 1.69. The Morgan fingerprint density at radius 2 is 1.79 bits per heavy atom. The highest BCUT2D eigenvalue weighted by atomic mass is 16.5. The maximum atomic E-state index is 5.81. The van der Waals surface area contributed by atoms with Crippen molar-refractivity contribution in [3.63, 3.8) is 0 Å². The lowest BCUT2D eigenvalue weighted by Gasteiger charge is -2.23. The smallest absolute Gasteiger partial charge is 0.161 e. The number of ether oxygens (including phenoxy) is 3. The summed E-state index contributed by atoms with van der Waals surface area (Å²) in [4.78, 5) is 1.62. The fourth-order valence-electron chi connectivity index (χ4n) is 2.26. The molecule has 1 aliphatic heterocycles. The predicted octanol–water partition coefficient (Wildman–Crippen LogP) is 0.769. The summed E-state index contributed by atoms with van der Waals surface area (Å²) in [6.07, 6.45) is 1.07. The average molecular weight is 266 g/mol. The van der Waals surface area contributed by atoms with Gasteiger partial charge >= 0.3 is 0 Å². The topological polar surface area (TPSA) is 32.1 Å². The quantitative estimate of drug-likeness (QED) is 0.740. The molecule has 0 radical (unpaired) electrons. The molecule has 0 spiro atoms. The Balaban J connectivity index is 1.70. The molecule has 4 nitrogen and oxygen atoms in total. The Morgan fingerprint density at radius 3 is 2.47 bits per heavy atom. The van der Waals surface area contributed by atoms with Crippen LogP contribution in [0.25, 0.3) is 0 Å². The van der Waals surface area contributed by atoms with E-state index in [1.807, 2.05) is 31.2 Å². The molecule has 106 valence electrons. The van der Waals surface area contributed by atoms with Gasteiger partial charge in [0.1, 0.15) is 13.1 Å². The average Bonchev–Trinajstić information content (AvgIpc) is 2.47. The molecule has 1 saturated heterocycles. The molecule has 0 atom stereocenters. The van der Waals surface area contributed by atoms with Gasteiger partial charge in [0.25, 0.3) is 0 Å². The monoisotopic (exact) mass is 266 g/mol. The summed E-state index contributed by atoms with van der Waals surface area (Å²) in [6, 6.07) is 7.86. The SMILES string of the molecule is CCOc1ccccc1OCCC[NH+]1CCOCC1. The van der Waals surface area contributed by atoms with E-state index in [0.29, 0.717) is 6.61 Å². The highest BCUT2D eigenvalue weighted by Crippen LogP contribution is 2.26. The second kappa shape index (κ2) is 8.02. The summed E-state index contributed by atoms with van der Waals surface area (Å²) >= 11 is 0. The summed E-state index contributed by atoms with van der Waals surface area (Å²) in [6.45, 7) is 8.57. The minimum Gasteiger partial charge on any atom is -0.490 e. The van der Waals surface area contributed by atoms with E-state index < -0.39 is 0 Å². The first-order valence-electron chi connectivity index (χ1n) is 7.16. The third-order valence-corrected chi connectivity index (χ3v) is 3.28. The van der Waals surface area contributed by atoms with E-state index in [1.54, 1.807) is 4.90 Å². The van der Waals surface area contributed by atoms with Gasteiger partial charge in [0, 0.05) is 6.42 Å². The van der Waals surface area contributed by atoms with Crippen LogP contribution in [-0.2, 0) is 4.74 Å². The Kier molecular flexibility index (Phi) is 5.98. The van der Waals surface area contributed by atoms with E-state index in [2.05, 4.69) is 0 Å². The molecule has 0 saturated carbocycles. The third kappa shape index (κ3) is 4.73. The molecule has 0 aromatic heterocycles. The molecule has 0 amide bonds. The minimum atomic E-state index is 0.665. The highest BCUT2D eigenvalue weighted by molar-refractivity contribution is 5.39. The van der Waals surface area contributed by atoms with Crippen LogP contribution in [0.3, 0.4) is 0 Å². The van der Waals surface area contributed by atoms with E-state index in [0.717, 1.165) is 57.4 Å². The van der Waals surface area contributed by atoms with Gasteiger partial charge in [0.2, 0.25) is 0 Å². The molecule has 0 unspecified atom stereocenters. The summed E-state index contributed by atoms with van der Waals surface area (Å²) in [5, 5.41) is 0. The van der Waals surface area contributed by atoms with Gasteiger partial charge in [-0.05, 0) is 19.1 Å². The van der Waals surface area contributed by atoms with Gasteiger partial charge in [-0.2, -0.15) is 0 Å². The first-order valence-corrected chi connectivity index (χ1v) is 7.16. The highest BCUT2D eigenvalue weighted by Gasteiger charge is 2.13. The zero-order valence-electron chi connectivity index (χ0n) is 11.7. The molecule has 1 heterocycles. The number of benzene rings is 1. The fourth-order valence-corrected chi connectivity index (χ4v) is 2.26. The maximum absolute atomic E-state index is 5.81.